The van der Waals surface area contributed by atoms with Crippen molar-refractivity contribution in [2.45, 2.75) is 18.8 Å². The number of ether oxygens (including phenoxy) is 1. The van der Waals surface area contributed by atoms with E-state index in [2.05, 4.69) is 4.74 Å². The lowest BCUT2D eigenvalue weighted by molar-refractivity contribution is -0.275. The normalized spacial score (nSPS) is 21.9. The van der Waals surface area contributed by atoms with Crippen LogP contribution in [0, 0.1) is 5.92 Å². The summed E-state index contributed by atoms with van der Waals surface area (Å²) in [5.41, 5.74) is 6.49. The van der Waals surface area contributed by atoms with E-state index in [1.165, 1.54) is 12.1 Å². The fraction of sp³-hybridized carbons (Fsp3) is 0.500. The lowest BCUT2D eigenvalue weighted by Gasteiger charge is -2.22. The minimum Gasteiger partial charge on any atom is -0.405 e. The van der Waals surface area contributed by atoms with Gasteiger partial charge in [-0.25, -0.2) is 0 Å². The van der Waals surface area contributed by atoms with Crippen molar-refractivity contribution < 1.29 is 17.9 Å². The molecular formula is C12H14F3NOS. The first-order valence-electron chi connectivity index (χ1n) is 5.65. The van der Waals surface area contributed by atoms with Gasteiger partial charge >= 0.3 is 6.36 Å². The zero-order valence-corrected chi connectivity index (χ0v) is 10.4. The van der Waals surface area contributed by atoms with Gasteiger partial charge in [0, 0.05) is 11.6 Å². The summed E-state index contributed by atoms with van der Waals surface area (Å²) in [6.45, 7) is 0. The fourth-order valence-corrected chi connectivity index (χ4v) is 3.38. The van der Waals surface area contributed by atoms with Crippen molar-refractivity contribution in [2.24, 2.45) is 11.7 Å². The van der Waals surface area contributed by atoms with Crippen molar-refractivity contribution in [2.75, 3.05) is 11.5 Å². The summed E-state index contributed by atoms with van der Waals surface area (Å²) in [6.07, 6.45) is -3.74. The van der Waals surface area contributed by atoms with Crippen LogP contribution in [0.3, 0.4) is 0 Å². The average molecular weight is 277 g/mol. The largest absolute Gasteiger partial charge is 0.573 e. The Hall–Kier alpha value is -0.880. The van der Waals surface area contributed by atoms with Crippen LogP contribution in [-0.4, -0.2) is 17.9 Å². The molecule has 2 rings (SSSR count). The van der Waals surface area contributed by atoms with Gasteiger partial charge in [-0.3, -0.25) is 0 Å². The van der Waals surface area contributed by atoms with Crippen molar-refractivity contribution in [3.63, 3.8) is 0 Å². The van der Waals surface area contributed by atoms with Gasteiger partial charge in [-0.2, -0.15) is 11.8 Å². The van der Waals surface area contributed by atoms with Crippen LogP contribution in [0.2, 0.25) is 0 Å². The summed E-state index contributed by atoms with van der Waals surface area (Å²) in [4.78, 5) is 0. The Bertz CT molecular complexity index is 405. The molecule has 0 bridgehead atoms. The molecule has 0 radical (unpaired) electrons. The molecule has 1 aliphatic rings. The number of halogens is 3. The highest BCUT2D eigenvalue weighted by Gasteiger charge is 2.34. The number of alkyl halides is 3. The van der Waals surface area contributed by atoms with E-state index in [4.69, 9.17) is 5.73 Å². The Balaban J connectivity index is 2.20. The Morgan fingerprint density at radius 1 is 1.33 bits per heavy atom. The number of hydrogen-bond acceptors (Lipinski definition) is 3. The molecule has 0 aromatic heterocycles. The molecule has 2 nitrogen and oxygen atoms in total. The molecule has 0 amide bonds. The predicted molar refractivity (Wildman–Crippen MR) is 65.5 cm³/mol. The van der Waals surface area contributed by atoms with Crippen LogP contribution in [-0.2, 0) is 0 Å². The van der Waals surface area contributed by atoms with Gasteiger partial charge in [0.15, 0.2) is 0 Å². The van der Waals surface area contributed by atoms with Crippen LogP contribution in [0.15, 0.2) is 24.3 Å². The minimum absolute atomic E-state index is 0.186. The van der Waals surface area contributed by atoms with E-state index in [0.717, 1.165) is 17.9 Å². The number of rotatable bonds is 3. The molecule has 0 saturated carbocycles. The van der Waals surface area contributed by atoms with E-state index in [1.807, 2.05) is 0 Å². The number of hydrogen-bond donors (Lipinski definition) is 1. The molecule has 1 heterocycles. The standard InChI is InChI=1S/C12H14F3NOS/c13-12(14,15)17-10-4-2-1-3-9(10)11(16)8-5-6-18-7-8/h1-4,8,11H,5-7,16H2. The predicted octanol–water partition coefficient (Wildman–Crippen LogP) is 3.34. The first-order valence-corrected chi connectivity index (χ1v) is 6.81. The molecule has 1 aromatic rings. The van der Waals surface area contributed by atoms with Gasteiger partial charge in [0.25, 0.3) is 0 Å². The Morgan fingerprint density at radius 3 is 2.67 bits per heavy atom. The summed E-state index contributed by atoms with van der Waals surface area (Å²) in [5.74, 6) is 1.93. The highest BCUT2D eigenvalue weighted by atomic mass is 32.2. The second kappa shape index (κ2) is 5.40. The van der Waals surface area contributed by atoms with E-state index >= 15 is 0 Å². The summed E-state index contributed by atoms with van der Waals surface area (Å²) in [6, 6.07) is 5.71. The van der Waals surface area contributed by atoms with Gasteiger partial charge < -0.3 is 10.5 Å². The Labute approximate surface area is 108 Å². The highest BCUT2D eigenvalue weighted by molar-refractivity contribution is 7.99. The smallest absolute Gasteiger partial charge is 0.405 e. The molecule has 100 valence electrons. The maximum Gasteiger partial charge on any atom is 0.573 e. The maximum atomic E-state index is 12.3. The molecule has 1 aromatic carbocycles. The number of para-hydroxylation sites is 1. The Kier molecular flexibility index (Phi) is 4.07. The van der Waals surface area contributed by atoms with Crippen molar-refractivity contribution in [1.29, 1.82) is 0 Å². The van der Waals surface area contributed by atoms with Crippen LogP contribution in [0.4, 0.5) is 13.2 Å². The number of thioether (sulfide) groups is 1. The van der Waals surface area contributed by atoms with Crippen molar-refractivity contribution in [3.05, 3.63) is 29.8 Å². The molecular weight excluding hydrogens is 263 g/mol. The number of nitrogens with two attached hydrogens (primary N) is 1. The van der Waals surface area contributed by atoms with Gasteiger partial charge in [0.2, 0.25) is 0 Å². The van der Waals surface area contributed by atoms with Gasteiger partial charge in [0.1, 0.15) is 5.75 Å². The molecule has 0 spiro atoms. The zero-order valence-electron chi connectivity index (χ0n) is 9.61. The highest BCUT2D eigenvalue weighted by Crippen LogP contribution is 2.37. The van der Waals surface area contributed by atoms with Crippen LogP contribution in [0.5, 0.6) is 5.75 Å². The maximum absolute atomic E-state index is 12.3. The molecule has 0 aliphatic carbocycles. The SMILES string of the molecule is NC(c1ccccc1OC(F)(F)F)C1CCSC1. The third-order valence-corrected chi connectivity index (χ3v) is 4.16. The first kappa shape index (κ1) is 13.5. The van der Waals surface area contributed by atoms with Gasteiger partial charge in [-0.1, -0.05) is 18.2 Å². The average Bonchev–Trinajstić information content (AvgIpc) is 2.80. The van der Waals surface area contributed by atoms with Gasteiger partial charge in [-0.05, 0) is 29.9 Å². The second-order valence-electron chi connectivity index (χ2n) is 4.24. The summed E-state index contributed by atoms with van der Waals surface area (Å²) >= 11 is 1.78. The monoisotopic (exact) mass is 277 g/mol. The van der Waals surface area contributed by atoms with Crippen LogP contribution >= 0.6 is 11.8 Å². The molecule has 2 unspecified atom stereocenters. The molecule has 2 atom stereocenters. The lowest BCUT2D eigenvalue weighted by atomic mass is 9.93. The van der Waals surface area contributed by atoms with Crippen LogP contribution < -0.4 is 10.5 Å². The molecule has 2 N–H and O–H groups in total. The molecule has 1 aliphatic heterocycles. The second-order valence-corrected chi connectivity index (χ2v) is 5.38. The summed E-state index contributed by atoms with van der Waals surface area (Å²) in [7, 11) is 0. The molecule has 1 fully saturated rings. The lowest BCUT2D eigenvalue weighted by Crippen LogP contribution is -2.24. The summed E-state index contributed by atoms with van der Waals surface area (Å²) in [5, 5.41) is 0. The third-order valence-electron chi connectivity index (χ3n) is 2.98. The summed E-state index contributed by atoms with van der Waals surface area (Å²) < 4.78 is 40.9. The zero-order chi connectivity index (χ0) is 13.2. The first-order chi connectivity index (χ1) is 8.47. The fourth-order valence-electron chi connectivity index (χ4n) is 2.06. The van der Waals surface area contributed by atoms with Crippen LogP contribution in [0.25, 0.3) is 0 Å². The van der Waals surface area contributed by atoms with Crippen LogP contribution in [0.1, 0.15) is 18.0 Å². The van der Waals surface area contributed by atoms with E-state index in [9.17, 15) is 13.2 Å². The molecule has 6 heteroatoms. The number of benzene rings is 1. The van der Waals surface area contributed by atoms with Crippen molar-refractivity contribution in [1.82, 2.24) is 0 Å². The molecule has 18 heavy (non-hydrogen) atoms. The van der Waals surface area contributed by atoms with E-state index in [0.29, 0.717) is 5.56 Å². The van der Waals surface area contributed by atoms with E-state index in [1.54, 1.807) is 23.9 Å². The van der Waals surface area contributed by atoms with E-state index in [-0.39, 0.29) is 11.7 Å². The minimum atomic E-state index is -4.68. The van der Waals surface area contributed by atoms with Crippen molar-refractivity contribution in [3.8, 4) is 5.75 Å². The van der Waals surface area contributed by atoms with Gasteiger partial charge in [0.05, 0.1) is 0 Å². The Morgan fingerprint density at radius 2 is 2.06 bits per heavy atom. The quantitative estimate of drug-likeness (QED) is 0.920. The van der Waals surface area contributed by atoms with E-state index < -0.39 is 12.4 Å². The van der Waals surface area contributed by atoms with Crippen molar-refractivity contribution >= 4 is 11.8 Å². The topological polar surface area (TPSA) is 35.2 Å². The third kappa shape index (κ3) is 3.32. The molecule has 1 saturated heterocycles. The van der Waals surface area contributed by atoms with Gasteiger partial charge in [-0.15, -0.1) is 13.2 Å².